The number of nitrogens with zero attached hydrogens (tertiary/aromatic N) is 2. The van der Waals surface area contributed by atoms with Gasteiger partial charge in [0.2, 0.25) is 5.91 Å². The number of methoxy groups -OCH3 is 1. The van der Waals surface area contributed by atoms with Crippen molar-refractivity contribution in [2.75, 3.05) is 25.2 Å². The summed E-state index contributed by atoms with van der Waals surface area (Å²) < 4.78 is 19.7. The average molecular weight is 589 g/mol. The van der Waals surface area contributed by atoms with Crippen molar-refractivity contribution in [1.29, 1.82) is 0 Å². The zero-order chi connectivity index (χ0) is 29.8. The molecule has 1 amide bonds. The second kappa shape index (κ2) is 8.93. The first kappa shape index (κ1) is 28.1. The number of hydrogen-bond donors (Lipinski definition) is 0. The molecule has 0 unspecified atom stereocenters. The van der Waals surface area contributed by atoms with Crippen LogP contribution in [0.2, 0.25) is 18.1 Å². The monoisotopic (exact) mass is 588 g/mol. The van der Waals surface area contributed by atoms with Gasteiger partial charge in [0.25, 0.3) is 0 Å². The lowest BCUT2D eigenvalue weighted by molar-refractivity contribution is -0.213. The quantitative estimate of drug-likeness (QED) is 0.302. The van der Waals surface area contributed by atoms with Gasteiger partial charge in [-0.25, -0.2) is 4.79 Å². The summed E-state index contributed by atoms with van der Waals surface area (Å²) in [5.74, 6) is -0.193. The average Bonchev–Trinajstić information content (AvgIpc) is 3.63. The molecule has 0 aliphatic carbocycles. The number of benzene rings is 2. The van der Waals surface area contributed by atoms with Gasteiger partial charge >= 0.3 is 5.97 Å². The molecule has 0 aromatic heterocycles. The number of carbonyl (C=O) groups excluding carboxylic acids is 2. The molecule has 0 radical (unpaired) electrons. The highest BCUT2D eigenvalue weighted by Crippen LogP contribution is 2.80. The van der Waals surface area contributed by atoms with E-state index in [-0.39, 0.29) is 23.0 Å². The minimum Gasteiger partial charge on any atom is -0.467 e. The maximum atomic E-state index is 14.2. The van der Waals surface area contributed by atoms with Crippen LogP contribution in [0.3, 0.4) is 0 Å². The number of fused-ring (bicyclic) bond motifs is 3. The van der Waals surface area contributed by atoms with E-state index < -0.39 is 30.5 Å². The summed E-state index contributed by atoms with van der Waals surface area (Å²) in [6.45, 7) is 13.2. The normalized spacial score (nSPS) is 34.4. The van der Waals surface area contributed by atoms with Gasteiger partial charge in [-0.3, -0.25) is 4.79 Å². The molecule has 2 bridgehead atoms. The van der Waals surface area contributed by atoms with Gasteiger partial charge in [0.1, 0.15) is 0 Å². The SMILES string of the molecule is COC(=O)[C@]12C[C@@]3(CCO[Si](C)(C)C(C)(C)C)CCC(=O)N4CC[C@]5(c6ccccc6N(Cc6ccccc6)[C@H]15)[C@@]43O2. The molecule has 5 aliphatic rings. The van der Waals surface area contributed by atoms with Crippen molar-refractivity contribution in [1.82, 2.24) is 4.90 Å². The first-order valence-corrected chi connectivity index (χ1v) is 18.4. The number of amides is 1. The Hall–Kier alpha value is -2.68. The summed E-state index contributed by atoms with van der Waals surface area (Å²) in [6.07, 6.45) is 3.20. The number of hydrogen-bond acceptors (Lipinski definition) is 6. The topological polar surface area (TPSA) is 68.3 Å². The van der Waals surface area contributed by atoms with Gasteiger partial charge in [-0.1, -0.05) is 69.3 Å². The van der Waals surface area contributed by atoms with Crippen LogP contribution in [0.1, 0.15) is 64.0 Å². The molecular formula is C34H44N2O5Si. The second-order valence-electron chi connectivity index (χ2n) is 14.7. The van der Waals surface area contributed by atoms with Crippen molar-refractivity contribution >= 4 is 25.9 Å². The van der Waals surface area contributed by atoms with E-state index in [1.807, 2.05) is 11.0 Å². The lowest BCUT2D eigenvalue weighted by Gasteiger charge is -2.58. The van der Waals surface area contributed by atoms with Crippen LogP contribution < -0.4 is 4.90 Å². The fraction of sp³-hybridized carbons (Fsp3) is 0.588. The predicted octanol–water partition coefficient (Wildman–Crippen LogP) is 5.78. The standard InChI is InChI=1S/C34H44N2O5Si/c1-30(2,3)42(5,6)40-21-19-31-17-16-27(37)36-20-18-32-25-14-10-11-15-26(25)35(22-24-12-8-7-9-13-24)28(32)33(23-31,29(38)39-4)41-34(31,32)36/h7-15,28H,16-23H2,1-6H3/t28-,31-,32+,33-,34+/m0/s1. The highest BCUT2D eigenvalue weighted by molar-refractivity contribution is 6.74. The molecule has 2 aromatic carbocycles. The molecule has 5 aliphatic heterocycles. The Bertz CT molecular complexity index is 1440. The summed E-state index contributed by atoms with van der Waals surface area (Å²) in [5, 5.41) is 0.0952. The van der Waals surface area contributed by atoms with E-state index in [1.54, 1.807) is 0 Å². The molecule has 42 heavy (non-hydrogen) atoms. The number of carbonyl (C=O) groups is 2. The zero-order valence-corrected chi connectivity index (χ0v) is 26.9. The molecule has 2 spiro atoms. The minimum absolute atomic E-state index is 0.0952. The van der Waals surface area contributed by atoms with Crippen LogP contribution in [-0.4, -0.2) is 62.7 Å². The van der Waals surface area contributed by atoms with Gasteiger partial charge in [0, 0.05) is 37.2 Å². The van der Waals surface area contributed by atoms with E-state index in [0.717, 1.165) is 18.5 Å². The Morgan fingerprint density at radius 3 is 2.50 bits per heavy atom. The van der Waals surface area contributed by atoms with Crippen molar-refractivity contribution in [2.24, 2.45) is 5.41 Å². The van der Waals surface area contributed by atoms with Crippen LogP contribution in [0.25, 0.3) is 0 Å². The first-order chi connectivity index (χ1) is 19.9. The van der Waals surface area contributed by atoms with Gasteiger partial charge in [-0.05, 0) is 61.0 Å². The third-order valence-corrected chi connectivity index (χ3v) is 16.5. The van der Waals surface area contributed by atoms with E-state index >= 15 is 0 Å². The van der Waals surface area contributed by atoms with Gasteiger partial charge in [-0.15, -0.1) is 0 Å². The molecule has 4 fully saturated rings. The van der Waals surface area contributed by atoms with E-state index in [4.69, 9.17) is 13.9 Å². The largest absolute Gasteiger partial charge is 0.467 e. The van der Waals surface area contributed by atoms with Crippen LogP contribution in [0.5, 0.6) is 0 Å². The maximum Gasteiger partial charge on any atom is 0.340 e. The number of piperidine rings is 1. The summed E-state index contributed by atoms with van der Waals surface area (Å²) in [5.41, 5.74) is 0.431. The summed E-state index contributed by atoms with van der Waals surface area (Å²) in [4.78, 5) is 32.4. The fourth-order valence-corrected chi connectivity index (χ4v) is 10.4. The fourth-order valence-electron chi connectivity index (χ4n) is 9.38. The molecule has 7 rings (SSSR count). The predicted molar refractivity (Wildman–Crippen MR) is 163 cm³/mol. The van der Waals surface area contributed by atoms with Crippen LogP contribution >= 0.6 is 0 Å². The van der Waals surface area contributed by atoms with E-state index in [0.29, 0.717) is 39.0 Å². The lowest BCUT2D eigenvalue weighted by atomic mass is 9.49. The molecule has 7 nitrogen and oxygen atoms in total. The van der Waals surface area contributed by atoms with Crippen LogP contribution in [0.15, 0.2) is 54.6 Å². The number of esters is 1. The summed E-state index contributed by atoms with van der Waals surface area (Å²) in [7, 11) is -0.528. The number of anilines is 1. The first-order valence-electron chi connectivity index (χ1n) is 15.5. The number of ether oxygens (including phenoxy) is 2. The Morgan fingerprint density at radius 1 is 1.07 bits per heavy atom. The zero-order valence-electron chi connectivity index (χ0n) is 25.9. The second-order valence-corrected chi connectivity index (χ2v) is 19.6. The Balaban J connectivity index is 1.40. The molecular weight excluding hydrogens is 544 g/mol. The molecule has 0 N–H and O–H groups in total. The van der Waals surface area contributed by atoms with Crippen molar-refractivity contribution < 1.29 is 23.5 Å². The van der Waals surface area contributed by atoms with Crippen molar-refractivity contribution in [3.8, 4) is 0 Å². The maximum absolute atomic E-state index is 14.2. The van der Waals surface area contributed by atoms with Crippen LogP contribution in [0, 0.1) is 5.41 Å². The molecule has 2 aromatic rings. The molecule has 8 heteroatoms. The number of rotatable bonds is 7. The third-order valence-electron chi connectivity index (χ3n) is 12.0. The lowest BCUT2D eigenvalue weighted by Crippen LogP contribution is -2.72. The number of para-hydroxylation sites is 1. The van der Waals surface area contributed by atoms with E-state index in [2.05, 4.69) is 87.3 Å². The highest BCUT2D eigenvalue weighted by Gasteiger charge is 2.92. The van der Waals surface area contributed by atoms with Gasteiger partial charge in [0.15, 0.2) is 19.6 Å². The highest BCUT2D eigenvalue weighted by atomic mass is 28.4. The summed E-state index contributed by atoms with van der Waals surface area (Å²) in [6, 6.07) is 18.7. The Labute approximate surface area is 250 Å². The molecule has 4 saturated heterocycles. The van der Waals surface area contributed by atoms with Crippen molar-refractivity contribution in [3.63, 3.8) is 0 Å². The van der Waals surface area contributed by atoms with Crippen LogP contribution in [-0.2, 0) is 35.4 Å². The van der Waals surface area contributed by atoms with Crippen molar-refractivity contribution in [3.05, 3.63) is 65.7 Å². The smallest absolute Gasteiger partial charge is 0.340 e. The molecule has 224 valence electrons. The van der Waals surface area contributed by atoms with Gasteiger partial charge < -0.3 is 23.7 Å². The van der Waals surface area contributed by atoms with Crippen LogP contribution in [0.4, 0.5) is 5.69 Å². The third kappa shape index (κ3) is 3.24. The molecule has 5 heterocycles. The van der Waals surface area contributed by atoms with Crippen molar-refractivity contribution in [2.45, 2.75) is 100 Å². The van der Waals surface area contributed by atoms with E-state index in [9.17, 15) is 9.59 Å². The Kier molecular flexibility index (Phi) is 5.97. The van der Waals surface area contributed by atoms with Gasteiger partial charge in [-0.2, -0.15) is 0 Å². The minimum atomic E-state index is -2.00. The molecule has 0 saturated carbocycles. The van der Waals surface area contributed by atoms with E-state index in [1.165, 1.54) is 18.2 Å². The molecule has 5 atom stereocenters. The summed E-state index contributed by atoms with van der Waals surface area (Å²) >= 11 is 0. The Morgan fingerprint density at radius 2 is 1.79 bits per heavy atom. The van der Waals surface area contributed by atoms with Gasteiger partial charge in [0.05, 0.1) is 18.6 Å².